The lowest BCUT2D eigenvalue weighted by Crippen LogP contribution is -2.10. The van der Waals surface area contributed by atoms with Crippen molar-refractivity contribution in [1.29, 1.82) is 0 Å². The summed E-state index contributed by atoms with van der Waals surface area (Å²) < 4.78 is 1.60. The van der Waals surface area contributed by atoms with Gasteiger partial charge in [0.2, 0.25) is 0 Å². The Morgan fingerprint density at radius 3 is 2.00 bits per heavy atom. The highest BCUT2D eigenvalue weighted by Crippen LogP contribution is 1.91. The van der Waals surface area contributed by atoms with Crippen LogP contribution in [0.5, 0.6) is 0 Å². The van der Waals surface area contributed by atoms with E-state index in [-0.39, 0.29) is 0 Å². The Labute approximate surface area is 90.1 Å². The summed E-state index contributed by atoms with van der Waals surface area (Å²) in [6.07, 6.45) is 6.05. The van der Waals surface area contributed by atoms with Crippen LogP contribution in [0.25, 0.3) is 0 Å². The molecule has 0 radical (unpaired) electrons. The molecule has 0 aromatic carbocycles. The van der Waals surface area contributed by atoms with Crippen molar-refractivity contribution in [2.24, 2.45) is 0 Å². The smallest absolute Gasteiger partial charge is 0.327 e. The number of carboxylic acid groups (broad SMARTS) is 1. The molecule has 0 aliphatic heterocycles. The van der Waals surface area contributed by atoms with Gasteiger partial charge in [-0.25, -0.2) is 9.21 Å². The van der Waals surface area contributed by atoms with E-state index < -0.39 is 5.97 Å². The summed E-state index contributed by atoms with van der Waals surface area (Å²) in [4.78, 5) is 9.51. The van der Waals surface area contributed by atoms with E-state index in [1.54, 1.807) is 23.5 Å². The molecule has 0 aromatic heterocycles. The monoisotopic (exact) mass is 217 g/mol. The van der Waals surface area contributed by atoms with Gasteiger partial charge in [0.1, 0.15) is 0 Å². The Morgan fingerprint density at radius 1 is 1.43 bits per heavy atom. The van der Waals surface area contributed by atoms with Crippen LogP contribution < -0.4 is 0 Å². The lowest BCUT2D eigenvalue weighted by molar-refractivity contribution is -0.131. The van der Waals surface area contributed by atoms with Gasteiger partial charge >= 0.3 is 5.97 Å². The van der Waals surface area contributed by atoms with Crippen LogP contribution in [0.3, 0.4) is 0 Å². The van der Waals surface area contributed by atoms with Crippen molar-refractivity contribution in [3.8, 4) is 0 Å². The number of halogens is 1. The van der Waals surface area contributed by atoms with E-state index in [0.717, 1.165) is 6.08 Å². The zero-order chi connectivity index (χ0) is 11.4. The minimum Gasteiger partial charge on any atom is -0.478 e. The molecule has 14 heavy (non-hydrogen) atoms. The van der Waals surface area contributed by atoms with Gasteiger partial charge in [-0.05, 0) is 18.7 Å². The number of aliphatic carboxylic acids is 1. The van der Waals surface area contributed by atoms with Gasteiger partial charge in [-0.2, -0.15) is 0 Å². The number of carboxylic acids is 1. The van der Waals surface area contributed by atoms with Gasteiger partial charge in [-0.1, -0.05) is 18.2 Å². The van der Waals surface area contributed by atoms with Crippen molar-refractivity contribution in [2.75, 3.05) is 13.1 Å². The molecule has 0 fully saturated rings. The molecule has 4 heteroatoms. The predicted octanol–water partition coefficient (Wildman–Crippen LogP) is 2.46. The first kappa shape index (κ1) is 15.4. The van der Waals surface area contributed by atoms with E-state index in [4.69, 9.17) is 16.9 Å². The van der Waals surface area contributed by atoms with Crippen LogP contribution in [0.4, 0.5) is 0 Å². The first-order chi connectivity index (χ1) is 6.58. The largest absolute Gasteiger partial charge is 0.478 e. The third-order valence-corrected chi connectivity index (χ3v) is 1.24. The summed E-state index contributed by atoms with van der Waals surface area (Å²) >= 11 is 5.57. The van der Waals surface area contributed by atoms with Crippen molar-refractivity contribution in [3.05, 3.63) is 37.5 Å². The van der Waals surface area contributed by atoms with Crippen LogP contribution in [0.2, 0.25) is 0 Å². The minimum absolute atomic E-state index is 0.702. The second-order valence-electron chi connectivity index (χ2n) is 2.24. The molecule has 0 rings (SSSR count). The predicted molar refractivity (Wildman–Crippen MR) is 60.3 cm³/mol. The zero-order valence-corrected chi connectivity index (χ0v) is 9.07. The van der Waals surface area contributed by atoms with Crippen molar-refractivity contribution in [3.63, 3.8) is 0 Å². The fourth-order valence-corrected chi connectivity index (χ4v) is 0.692. The average molecular weight is 218 g/mol. The van der Waals surface area contributed by atoms with Gasteiger partial charge in [0.15, 0.2) is 0 Å². The van der Waals surface area contributed by atoms with Crippen LogP contribution in [0, 0.1) is 0 Å². The van der Waals surface area contributed by atoms with Crippen molar-refractivity contribution in [1.82, 2.24) is 4.42 Å². The van der Waals surface area contributed by atoms with E-state index >= 15 is 0 Å². The molecule has 0 aliphatic rings. The SMILES string of the molecule is C/C=C/C(=O)O.C=CCN(Cl)CC=C. The molecule has 0 heterocycles. The number of hydrogen-bond acceptors (Lipinski definition) is 2. The highest BCUT2D eigenvalue weighted by Gasteiger charge is 1.89. The molecule has 0 amide bonds. The molecule has 1 N–H and O–H groups in total. The van der Waals surface area contributed by atoms with E-state index in [1.807, 2.05) is 0 Å². The second kappa shape index (κ2) is 11.9. The van der Waals surface area contributed by atoms with Crippen LogP contribution in [0.15, 0.2) is 37.5 Å². The van der Waals surface area contributed by atoms with Crippen LogP contribution in [0.1, 0.15) is 6.92 Å². The fraction of sp³-hybridized carbons (Fsp3) is 0.300. The summed E-state index contributed by atoms with van der Waals surface area (Å²) in [6.45, 7) is 10.1. The molecular formula is C10H16ClNO2. The topological polar surface area (TPSA) is 40.5 Å². The molecule has 80 valence electrons. The molecule has 0 unspecified atom stereocenters. The van der Waals surface area contributed by atoms with Gasteiger partial charge < -0.3 is 5.11 Å². The van der Waals surface area contributed by atoms with E-state index in [0.29, 0.717) is 13.1 Å². The highest BCUT2D eigenvalue weighted by molar-refractivity contribution is 6.13. The first-order valence-corrected chi connectivity index (χ1v) is 4.40. The van der Waals surface area contributed by atoms with Crippen LogP contribution >= 0.6 is 11.8 Å². The molecule has 3 nitrogen and oxygen atoms in total. The maximum absolute atomic E-state index is 9.51. The van der Waals surface area contributed by atoms with Gasteiger partial charge in [0.25, 0.3) is 0 Å². The van der Waals surface area contributed by atoms with E-state index in [2.05, 4.69) is 13.2 Å². The second-order valence-corrected chi connectivity index (χ2v) is 2.72. The van der Waals surface area contributed by atoms with Gasteiger partial charge in [0, 0.05) is 19.2 Å². The number of carbonyl (C=O) groups is 1. The highest BCUT2D eigenvalue weighted by atomic mass is 35.5. The van der Waals surface area contributed by atoms with E-state index in [9.17, 15) is 4.79 Å². The van der Waals surface area contributed by atoms with Crippen molar-refractivity contribution >= 4 is 17.7 Å². The van der Waals surface area contributed by atoms with Gasteiger partial charge in [-0.3, -0.25) is 0 Å². The van der Waals surface area contributed by atoms with Gasteiger partial charge in [0.05, 0.1) is 0 Å². The normalized spacial score (nSPS) is 9.36. The van der Waals surface area contributed by atoms with Crippen molar-refractivity contribution in [2.45, 2.75) is 6.92 Å². The lowest BCUT2D eigenvalue weighted by Gasteiger charge is -2.04. The van der Waals surface area contributed by atoms with Crippen molar-refractivity contribution < 1.29 is 9.90 Å². The zero-order valence-electron chi connectivity index (χ0n) is 8.32. The van der Waals surface area contributed by atoms with Crippen LogP contribution in [-0.4, -0.2) is 28.6 Å². The Balaban J connectivity index is 0. The lowest BCUT2D eigenvalue weighted by atomic mass is 10.5. The maximum atomic E-state index is 9.51. The average Bonchev–Trinajstić information content (AvgIpc) is 2.05. The first-order valence-electron chi connectivity index (χ1n) is 4.06. The summed E-state index contributed by atoms with van der Waals surface area (Å²) in [5.74, 6) is -0.891. The summed E-state index contributed by atoms with van der Waals surface area (Å²) in [5.41, 5.74) is 0. The number of hydrogen-bond donors (Lipinski definition) is 1. The standard InChI is InChI=1S/C6H10ClN.C4H6O2/c1-3-5-8(7)6-4-2;1-2-3-4(5)6/h3-4H,1-2,5-6H2;2-3H,1H3,(H,5,6)/b;3-2+. The molecule has 0 spiro atoms. The third kappa shape index (κ3) is 17.1. The summed E-state index contributed by atoms with van der Waals surface area (Å²) in [7, 11) is 0. The Hall–Kier alpha value is -1.06. The fourth-order valence-electron chi connectivity index (χ4n) is 0.497. The molecule has 0 aromatic rings. The molecule has 0 atom stereocenters. The molecular weight excluding hydrogens is 202 g/mol. The van der Waals surface area contributed by atoms with Gasteiger partial charge in [-0.15, -0.1) is 13.2 Å². The third-order valence-electron chi connectivity index (χ3n) is 0.964. The molecule has 0 saturated carbocycles. The maximum Gasteiger partial charge on any atom is 0.327 e. The van der Waals surface area contributed by atoms with E-state index in [1.165, 1.54) is 6.08 Å². The number of allylic oxidation sites excluding steroid dienone is 1. The van der Waals surface area contributed by atoms with Crippen LogP contribution in [-0.2, 0) is 4.79 Å². The molecule has 0 saturated heterocycles. The molecule has 0 bridgehead atoms. The number of rotatable bonds is 5. The summed E-state index contributed by atoms with van der Waals surface area (Å²) in [6, 6.07) is 0. The Morgan fingerprint density at radius 2 is 1.86 bits per heavy atom. The quantitative estimate of drug-likeness (QED) is 0.437. The molecule has 0 aliphatic carbocycles. The summed E-state index contributed by atoms with van der Waals surface area (Å²) in [5, 5.41) is 7.83. The minimum atomic E-state index is -0.891. The Kier molecular flexibility index (Phi) is 13.1. The Bertz CT molecular complexity index is 192. The number of nitrogens with zero attached hydrogens (tertiary/aromatic N) is 1.